The molecule has 0 aliphatic carbocycles. The SMILES string of the molecule is C1=CNCN1.NCC(=O)O. The lowest BCUT2D eigenvalue weighted by Gasteiger charge is -1.82. The van der Waals surface area contributed by atoms with Gasteiger partial charge in [-0.05, 0) is 0 Å². The molecule has 0 fully saturated rings. The Labute approximate surface area is 58.9 Å². The molecule has 5 nitrogen and oxygen atoms in total. The predicted octanol–water partition coefficient (Wildman–Crippen LogP) is -1.36. The lowest BCUT2D eigenvalue weighted by atomic mass is 10.7. The number of hydrogen-bond acceptors (Lipinski definition) is 4. The van der Waals surface area contributed by atoms with E-state index in [1.54, 1.807) is 0 Å². The molecule has 5 heteroatoms. The van der Waals surface area contributed by atoms with E-state index in [2.05, 4.69) is 16.4 Å². The molecule has 0 saturated carbocycles. The average Bonchev–Trinajstić information content (AvgIpc) is 2.43. The summed E-state index contributed by atoms with van der Waals surface area (Å²) in [6.07, 6.45) is 3.75. The molecular weight excluding hydrogens is 134 g/mol. The maximum Gasteiger partial charge on any atom is 0.317 e. The van der Waals surface area contributed by atoms with Crippen LogP contribution < -0.4 is 16.4 Å². The Bertz CT molecular complexity index is 118. The van der Waals surface area contributed by atoms with Crippen molar-refractivity contribution < 1.29 is 9.90 Å². The summed E-state index contributed by atoms with van der Waals surface area (Å²) in [6, 6.07) is 0. The van der Waals surface area contributed by atoms with Crippen LogP contribution in [0.25, 0.3) is 0 Å². The van der Waals surface area contributed by atoms with Gasteiger partial charge in [0.15, 0.2) is 0 Å². The third-order valence-electron chi connectivity index (χ3n) is 0.698. The van der Waals surface area contributed by atoms with Crippen molar-refractivity contribution in [3.63, 3.8) is 0 Å². The highest BCUT2D eigenvalue weighted by Gasteiger charge is 1.81. The van der Waals surface area contributed by atoms with E-state index in [0.29, 0.717) is 0 Å². The van der Waals surface area contributed by atoms with Gasteiger partial charge in [-0.2, -0.15) is 0 Å². The van der Waals surface area contributed by atoms with Crippen molar-refractivity contribution in [2.75, 3.05) is 13.2 Å². The van der Waals surface area contributed by atoms with Crippen LogP contribution in [0, 0.1) is 0 Å². The van der Waals surface area contributed by atoms with Gasteiger partial charge in [-0.15, -0.1) is 0 Å². The number of rotatable bonds is 1. The Balaban J connectivity index is 0.000000162. The van der Waals surface area contributed by atoms with Crippen molar-refractivity contribution >= 4 is 5.97 Å². The van der Waals surface area contributed by atoms with E-state index in [1.165, 1.54) is 0 Å². The van der Waals surface area contributed by atoms with Gasteiger partial charge in [-0.25, -0.2) is 0 Å². The minimum absolute atomic E-state index is 0.278. The zero-order valence-corrected chi connectivity index (χ0v) is 5.50. The predicted molar refractivity (Wildman–Crippen MR) is 37.0 cm³/mol. The van der Waals surface area contributed by atoms with Crippen LogP contribution in [0.3, 0.4) is 0 Å². The normalized spacial score (nSPS) is 12.5. The quantitative estimate of drug-likeness (QED) is 0.366. The summed E-state index contributed by atoms with van der Waals surface area (Å²) in [5.41, 5.74) is 4.57. The third kappa shape index (κ3) is 6.77. The Kier molecular flexibility index (Phi) is 5.17. The van der Waals surface area contributed by atoms with E-state index in [0.717, 1.165) is 6.67 Å². The van der Waals surface area contributed by atoms with Crippen molar-refractivity contribution in [1.82, 2.24) is 10.6 Å². The topological polar surface area (TPSA) is 87.4 Å². The van der Waals surface area contributed by atoms with Crippen LogP contribution in [0.1, 0.15) is 0 Å². The Morgan fingerprint density at radius 2 is 2.00 bits per heavy atom. The second-order valence-corrected chi connectivity index (χ2v) is 1.52. The van der Waals surface area contributed by atoms with E-state index in [1.807, 2.05) is 12.4 Å². The largest absolute Gasteiger partial charge is 0.480 e. The molecule has 0 spiro atoms. The summed E-state index contributed by atoms with van der Waals surface area (Å²) < 4.78 is 0. The van der Waals surface area contributed by atoms with E-state index >= 15 is 0 Å². The molecule has 0 unspecified atom stereocenters. The second kappa shape index (κ2) is 5.90. The number of carbonyl (C=O) groups is 1. The summed E-state index contributed by atoms with van der Waals surface area (Å²) >= 11 is 0. The van der Waals surface area contributed by atoms with Gasteiger partial charge in [0.25, 0.3) is 0 Å². The number of aliphatic carboxylic acids is 1. The maximum atomic E-state index is 9.24. The van der Waals surface area contributed by atoms with Crippen LogP contribution in [0.15, 0.2) is 12.4 Å². The molecule has 58 valence electrons. The smallest absolute Gasteiger partial charge is 0.317 e. The fourth-order valence-electron chi connectivity index (χ4n) is 0.295. The van der Waals surface area contributed by atoms with Gasteiger partial charge in [0.1, 0.15) is 0 Å². The molecule has 0 amide bonds. The molecule has 1 aliphatic rings. The highest BCUT2D eigenvalue weighted by atomic mass is 16.4. The van der Waals surface area contributed by atoms with Gasteiger partial charge in [0, 0.05) is 12.4 Å². The molecule has 10 heavy (non-hydrogen) atoms. The molecule has 0 saturated heterocycles. The maximum absolute atomic E-state index is 9.24. The first kappa shape index (κ1) is 8.77. The number of hydrogen-bond donors (Lipinski definition) is 4. The second-order valence-electron chi connectivity index (χ2n) is 1.52. The fraction of sp³-hybridized carbons (Fsp3) is 0.400. The number of nitrogens with two attached hydrogens (primary N) is 1. The van der Waals surface area contributed by atoms with Gasteiger partial charge in [-0.1, -0.05) is 0 Å². The fourth-order valence-corrected chi connectivity index (χ4v) is 0.295. The van der Waals surface area contributed by atoms with Crippen LogP contribution in [-0.4, -0.2) is 24.3 Å². The number of carboxylic acids is 1. The van der Waals surface area contributed by atoms with Crippen molar-refractivity contribution in [2.24, 2.45) is 5.73 Å². The van der Waals surface area contributed by atoms with Crippen molar-refractivity contribution in [2.45, 2.75) is 0 Å². The molecule has 0 atom stereocenters. The summed E-state index contributed by atoms with van der Waals surface area (Å²) in [4.78, 5) is 9.24. The minimum Gasteiger partial charge on any atom is -0.480 e. The average molecular weight is 145 g/mol. The monoisotopic (exact) mass is 145 g/mol. The Hall–Kier alpha value is -1.23. The Morgan fingerprint density at radius 3 is 2.10 bits per heavy atom. The molecule has 0 aromatic carbocycles. The molecule has 5 N–H and O–H groups in total. The van der Waals surface area contributed by atoms with Crippen molar-refractivity contribution in [3.05, 3.63) is 12.4 Å². The van der Waals surface area contributed by atoms with Crippen molar-refractivity contribution in [3.8, 4) is 0 Å². The van der Waals surface area contributed by atoms with Crippen LogP contribution in [0.2, 0.25) is 0 Å². The van der Waals surface area contributed by atoms with E-state index in [-0.39, 0.29) is 6.54 Å². The summed E-state index contributed by atoms with van der Waals surface area (Å²) in [5.74, 6) is -0.968. The van der Waals surface area contributed by atoms with E-state index < -0.39 is 5.97 Å². The summed E-state index contributed by atoms with van der Waals surface area (Å²) in [5, 5.41) is 13.5. The van der Waals surface area contributed by atoms with Crippen LogP contribution in [-0.2, 0) is 4.79 Å². The highest BCUT2D eigenvalue weighted by molar-refractivity contribution is 5.68. The first-order valence-corrected chi connectivity index (χ1v) is 2.81. The van der Waals surface area contributed by atoms with Crippen LogP contribution in [0.5, 0.6) is 0 Å². The first-order chi connectivity index (χ1) is 4.77. The van der Waals surface area contributed by atoms with Crippen LogP contribution >= 0.6 is 0 Å². The molecule has 0 bridgehead atoms. The minimum atomic E-state index is -0.968. The van der Waals surface area contributed by atoms with E-state index in [9.17, 15) is 4.79 Å². The zero-order chi connectivity index (χ0) is 7.82. The van der Waals surface area contributed by atoms with Gasteiger partial charge < -0.3 is 21.5 Å². The molecule has 1 rings (SSSR count). The molecule has 1 heterocycles. The highest BCUT2D eigenvalue weighted by Crippen LogP contribution is 1.65. The Morgan fingerprint density at radius 1 is 1.60 bits per heavy atom. The number of carboxylic acid groups (broad SMARTS) is 1. The first-order valence-electron chi connectivity index (χ1n) is 2.81. The van der Waals surface area contributed by atoms with Gasteiger partial charge in [0.2, 0.25) is 0 Å². The molecule has 1 aliphatic heterocycles. The van der Waals surface area contributed by atoms with E-state index in [4.69, 9.17) is 5.11 Å². The lowest BCUT2D eigenvalue weighted by molar-refractivity contribution is -0.135. The summed E-state index contributed by atoms with van der Waals surface area (Å²) in [7, 11) is 0. The molecular formula is C5H11N3O2. The standard InChI is InChI=1S/C3H6N2.C2H5NO2/c1-2-5-3-4-1;3-1-2(4)5/h1-2,4-5H,3H2;1,3H2,(H,4,5). The van der Waals surface area contributed by atoms with Gasteiger partial charge >= 0.3 is 5.97 Å². The number of nitrogens with one attached hydrogen (secondary N) is 2. The molecule has 0 aromatic heterocycles. The van der Waals surface area contributed by atoms with Crippen LogP contribution in [0.4, 0.5) is 0 Å². The van der Waals surface area contributed by atoms with Gasteiger partial charge in [-0.3, -0.25) is 4.79 Å². The molecule has 0 aromatic rings. The van der Waals surface area contributed by atoms with Crippen molar-refractivity contribution in [1.29, 1.82) is 0 Å². The van der Waals surface area contributed by atoms with Gasteiger partial charge in [0.05, 0.1) is 13.2 Å². The summed E-state index contributed by atoms with van der Waals surface area (Å²) in [6.45, 7) is 0.611. The lowest BCUT2D eigenvalue weighted by Crippen LogP contribution is -2.10. The zero-order valence-electron chi connectivity index (χ0n) is 5.50. The third-order valence-corrected chi connectivity index (χ3v) is 0.698. The molecule has 0 radical (unpaired) electrons.